The molecule has 2 aliphatic heterocycles. The van der Waals surface area contributed by atoms with Crippen LogP contribution in [-0.4, -0.2) is 251 Å². The van der Waals surface area contributed by atoms with E-state index in [1.165, 1.54) is 60.6 Å². The largest absolute Gasteiger partial charge is 0.368 e. The van der Waals surface area contributed by atoms with Crippen LogP contribution in [0.4, 0.5) is 29.0 Å². The lowest BCUT2D eigenvalue weighted by molar-refractivity contribution is -0.137. The summed E-state index contributed by atoms with van der Waals surface area (Å²) in [7, 11) is -16.9. The van der Waals surface area contributed by atoms with E-state index in [4.69, 9.17) is 58.1 Å². The third-order valence-corrected chi connectivity index (χ3v) is 22.8. The Morgan fingerprint density at radius 2 is 0.742 bits per heavy atom. The average Bonchev–Trinajstić information content (AvgIpc) is 1.67. The highest BCUT2D eigenvalue weighted by Crippen LogP contribution is 2.38. The number of imide groups is 2. The van der Waals surface area contributed by atoms with Crippen LogP contribution in [0.25, 0.3) is 44.7 Å². The van der Waals surface area contributed by atoms with Crippen molar-refractivity contribution < 1.29 is 115 Å². The summed E-state index contributed by atoms with van der Waals surface area (Å²) in [5.74, 6) is 2.33. The molecule has 8 aromatic heterocycles. The number of nitrogens with one attached hydrogen (secondary N) is 4. The number of amides is 4. The van der Waals surface area contributed by atoms with Crippen LogP contribution in [0.5, 0.6) is 0 Å². The monoisotopic (exact) mass is 1920 g/mol. The Kier molecular flexibility index (Phi) is 40.7. The fourth-order valence-corrected chi connectivity index (χ4v) is 16.0. The summed E-state index contributed by atoms with van der Waals surface area (Å²) >= 11 is 0. The lowest BCUT2D eigenvalue weighted by Crippen LogP contribution is -2.30. The van der Waals surface area contributed by atoms with Crippen molar-refractivity contribution in [3.63, 3.8) is 0 Å². The predicted octanol–water partition coefficient (Wildman–Crippen LogP) is 8.76. The Labute approximate surface area is 759 Å². The molecule has 4 atom stereocenters. The topological polar surface area (TPSA) is 633 Å². The van der Waals surface area contributed by atoms with Crippen LogP contribution in [0.3, 0.4) is 0 Å². The Hall–Kier alpha value is -10.5. The molecule has 1 aromatic carbocycles. The van der Waals surface area contributed by atoms with Gasteiger partial charge in [0, 0.05) is 107 Å². The highest BCUT2D eigenvalue weighted by atomic mass is 31.2. The molecule has 0 bridgehead atoms. The molecule has 0 unspecified atom stereocenters. The highest BCUT2D eigenvalue weighted by molar-refractivity contribution is 7.52. The molecular formula is C82H116N22O24P4. The fourth-order valence-electron chi connectivity index (χ4n) is 14.2. The lowest BCUT2D eigenvalue weighted by Gasteiger charge is -2.25. The number of anilines is 5. The van der Waals surface area contributed by atoms with E-state index >= 15 is 0 Å². The van der Waals surface area contributed by atoms with Crippen LogP contribution in [0, 0.1) is 11.8 Å². The number of imidazole rings is 4. The Balaban J connectivity index is 0.000000199. The van der Waals surface area contributed by atoms with E-state index in [0.717, 1.165) is 68.6 Å². The molecule has 0 radical (unpaired) electrons. The number of carbonyl (C=O) groups is 8. The number of ketones is 4. The fraction of sp³-hybridized carbons (Fsp3) is 0.537. The first kappa shape index (κ1) is 105. The number of hydrogen-bond donors (Lipinski definition) is 12. The quantitative estimate of drug-likeness (QED) is 0.00733. The second kappa shape index (κ2) is 51.1. The van der Waals surface area contributed by atoms with E-state index < -0.39 is 92.0 Å². The van der Waals surface area contributed by atoms with Gasteiger partial charge in [-0.15, -0.1) is 0 Å². The summed E-state index contributed by atoms with van der Waals surface area (Å²) < 4.78 is 71.6. The molecule has 12 N–H and O–H groups in total. The zero-order chi connectivity index (χ0) is 95.7. The normalized spacial score (nSPS) is 15.7. The first-order valence-corrected chi connectivity index (χ1v) is 50.5. The van der Waals surface area contributed by atoms with Crippen molar-refractivity contribution in [1.82, 2.24) is 83.0 Å². The standard InChI is InChI=1S/C23H25N6O7P.C21H29N6O7P.C20H32N5O5P.C18H30N5O5P/c1-15(36-14-37(33,34)35)11-28-13-27-21-22(25-12-26-23(21)28)24-9-3-6-18(30)16-4-2-5-17(10-16)29-19(31)7-8-20(29)32;1-15(34-14-35(31,32)33)11-26-13-25-19-20(23-12-24-21(19)26)22-9-4-6-16(28)5-2-3-10-27-17(29)7-8-18(27)30;1-14-5-7-16(8-6-14)17(26)4-3-9-21-19-18-20(23-11-22-19)25(12-24-18)10-15(2)30-13-31(27,28)29;1-3-4-5-7-15(24)8-6-9-19-17-16-18(21-11-20-17)23(12-22-16)10-14(2)28-13-29(25,26)27/h2,4-5,7-8,10,12-13,15H,3,6,9,11,14H2,1H3,(H,24,25,26)(H2,33,34,35);7-8,12-13,15H,2-6,9-11,14H2,1H3,(H,22,23,24)(H2,31,32,33);11-12,14-16H,3-10,13H2,1-2H3,(H,21,22,23)(H2,27,28,29);11-12,14H,3-10,13H2,1-2H3,(H,19,20,21)(H2,25,26,27)/t2*15-;14?,15-,16?;14-/m1111/s1. The number of benzene rings is 1. The Morgan fingerprint density at radius 1 is 0.417 bits per heavy atom. The van der Waals surface area contributed by atoms with E-state index in [-0.39, 0.29) is 42.3 Å². The van der Waals surface area contributed by atoms with Gasteiger partial charge in [-0.1, -0.05) is 51.7 Å². The third-order valence-electron chi connectivity index (χ3n) is 20.9. The van der Waals surface area contributed by atoms with Crippen molar-refractivity contribution in [1.29, 1.82) is 0 Å². The minimum absolute atomic E-state index is 0.116. The number of nitrogens with zero attached hydrogens (tertiary/aromatic N) is 18. The molecule has 50 heteroatoms. The van der Waals surface area contributed by atoms with E-state index in [1.54, 1.807) is 89.5 Å². The molecule has 1 fully saturated rings. The van der Waals surface area contributed by atoms with Crippen LogP contribution in [0.2, 0.25) is 0 Å². The second-order valence-corrected chi connectivity index (χ2v) is 38.6. The maximum absolute atomic E-state index is 12.7. The SMILES string of the molecule is CC1CCC(C(=O)CCCNc2ncnc3c2ncn3C[C@@H](C)OCP(=O)(O)O)CC1.CCCCCC(=O)CCCNc1ncnc2c1ncn2C[C@@H](C)OCP(=O)(O)O.C[C@H](Cn1cnc2c(NCCCC(=O)CCCCN3C(=O)C=CC3=O)ncnc21)OCP(=O)(O)O.C[C@H](Cn1cnc2c(NCCCC(=O)c3cccc(N4C(=O)C=CC4=O)c3)ncnc21)OCP(=O)(O)O. The maximum atomic E-state index is 12.7. The highest BCUT2D eigenvalue weighted by Gasteiger charge is 2.30. The molecule has 10 heterocycles. The molecule has 1 aliphatic carbocycles. The zero-order valence-corrected chi connectivity index (χ0v) is 77.9. The van der Waals surface area contributed by atoms with Crippen LogP contribution in [0.15, 0.2) is 99.2 Å². The van der Waals surface area contributed by atoms with Gasteiger partial charge in [0.2, 0.25) is 0 Å². The first-order chi connectivity index (χ1) is 62.8. The second-order valence-electron chi connectivity index (χ2n) is 32.3. The summed E-state index contributed by atoms with van der Waals surface area (Å²) in [5, 5.41) is 12.8. The summed E-state index contributed by atoms with van der Waals surface area (Å²) in [6.45, 7) is 15.0. The van der Waals surface area contributed by atoms with Crippen molar-refractivity contribution in [3.05, 3.63) is 105 Å². The van der Waals surface area contributed by atoms with Crippen LogP contribution < -0.4 is 26.2 Å². The molecule has 0 saturated heterocycles. The molecule has 0 spiro atoms. The first-order valence-electron chi connectivity index (χ1n) is 43.3. The van der Waals surface area contributed by atoms with Gasteiger partial charge in [0.1, 0.15) is 90.1 Å². The number of carbonyl (C=O) groups excluding carboxylic acids is 8. The van der Waals surface area contributed by atoms with Crippen molar-refractivity contribution in [3.8, 4) is 0 Å². The van der Waals surface area contributed by atoms with Gasteiger partial charge >= 0.3 is 30.4 Å². The van der Waals surface area contributed by atoms with Crippen molar-refractivity contribution in [2.24, 2.45) is 11.8 Å². The maximum Gasteiger partial charge on any atom is 0.350 e. The lowest BCUT2D eigenvalue weighted by atomic mass is 9.80. The summed E-state index contributed by atoms with van der Waals surface area (Å²) in [4.78, 5) is 221. The van der Waals surface area contributed by atoms with Crippen molar-refractivity contribution >= 4 is 151 Å². The molecule has 132 heavy (non-hydrogen) atoms. The number of hydrogen-bond acceptors (Lipinski definition) is 32. The van der Waals surface area contributed by atoms with Gasteiger partial charge in [-0.3, -0.25) is 61.5 Å². The van der Waals surface area contributed by atoms with Crippen LogP contribution in [-0.2, 0) is 96.9 Å². The number of unbranched alkanes of at least 4 members (excludes halogenated alkanes) is 3. The van der Waals surface area contributed by atoms with Gasteiger partial charge in [0.05, 0.1) is 81.6 Å². The number of Topliss-reactive ketones (excluding diaryl/α,β-unsaturated/α-hetero) is 4. The summed E-state index contributed by atoms with van der Waals surface area (Å²) in [6, 6.07) is 6.41. The zero-order valence-electron chi connectivity index (χ0n) is 74.3. The van der Waals surface area contributed by atoms with E-state index in [9.17, 15) is 56.6 Å². The number of fused-ring (bicyclic) bond motifs is 4. The Bertz CT molecular complexity index is 5630. The Morgan fingerprint density at radius 3 is 1.09 bits per heavy atom. The van der Waals surface area contributed by atoms with Gasteiger partial charge in [-0.25, -0.2) is 64.7 Å². The number of rotatable bonds is 52. The molecule has 3 aliphatic rings. The molecule has 718 valence electrons. The smallest absolute Gasteiger partial charge is 0.350 e. The summed E-state index contributed by atoms with van der Waals surface area (Å²) in [5.41, 5.74) is 5.31. The minimum Gasteiger partial charge on any atom is -0.368 e. The molecule has 4 amide bonds. The van der Waals surface area contributed by atoms with E-state index in [0.29, 0.717) is 201 Å². The molecule has 9 aromatic rings. The van der Waals surface area contributed by atoms with Gasteiger partial charge in [0.15, 0.2) is 51.6 Å². The van der Waals surface area contributed by atoms with Crippen molar-refractivity contribution in [2.75, 3.05) is 84.3 Å². The minimum atomic E-state index is -4.26. The molecule has 46 nitrogen and oxygen atoms in total. The number of ether oxygens (including phenoxy) is 4. The summed E-state index contributed by atoms with van der Waals surface area (Å²) in [6.07, 6.45) is 26.5. The van der Waals surface area contributed by atoms with E-state index in [1.807, 2.05) is 0 Å². The van der Waals surface area contributed by atoms with Gasteiger partial charge < -0.3 is 97.6 Å². The van der Waals surface area contributed by atoms with Gasteiger partial charge in [-0.2, -0.15) is 0 Å². The molecule has 12 rings (SSSR count). The predicted molar refractivity (Wildman–Crippen MR) is 484 cm³/mol. The number of aromatic nitrogens is 16. The third kappa shape index (κ3) is 34.8. The van der Waals surface area contributed by atoms with Crippen LogP contribution in [0.1, 0.15) is 174 Å². The van der Waals surface area contributed by atoms with Crippen molar-refractivity contribution in [2.45, 2.75) is 214 Å². The van der Waals surface area contributed by atoms with Gasteiger partial charge in [0.25, 0.3) is 23.6 Å². The van der Waals surface area contributed by atoms with Crippen LogP contribution >= 0.6 is 30.4 Å². The molecular weight excluding hydrogens is 1800 g/mol. The average molecular weight is 1920 g/mol. The van der Waals surface area contributed by atoms with E-state index in [2.05, 4.69) is 94.9 Å². The van der Waals surface area contributed by atoms with Gasteiger partial charge in [-0.05, 0) is 104 Å². The molecule has 1 saturated carbocycles.